The zero-order chi connectivity index (χ0) is 11.7. The fourth-order valence-corrected chi connectivity index (χ4v) is 2.33. The van der Waals surface area contributed by atoms with E-state index in [1.807, 2.05) is 0 Å². The SMILES string of the molecule is NNc1cncc(N2CCN(C3CC3)CC2)n1. The van der Waals surface area contributed by atoms with Gasteiger partial charge in [-0.05, 0) is 12.8 Å². The number of hydrogen-bond donors (Lipinski definition) is 2. The van der Waals surface area contributed by atoms with Gasteiger partial charge in [-0.15, -0.1) is 0 Å². The van der Waals surface area contributed by atoms with Crippen LogP contribution in [-0.2, 0) is 0 Å². The largest absolute Gasteiger partial charge is 0.353 e. The summed E-state index contributed by atoms with van der Waals surface area (Å²) >= 11 is 0. The Bertz CT molecular complexity index is 383. The number of hydrazine groups is 1. The number of nitrogens with two attached hydrogens (primary N) is 1. The first kappa shape index (κ1) is 10.7. The van der Waals surface area contributed by atoms with Crippen molar-refractivity contribution in [1.29, 1.82) is 0 Å². The minimum absolute atomic E-state index is 0.618. The molecule has 2 fully saturated rings. The van der Waals surface area contributed by atoms with Crippen LogP contribution in [0.5, 0.6) is 0 Å². The second-order valence-corrected chi connectivity index (χ2v) is 4.66. The Morgan fingerprint density at radius 2 is 1.94 bits per heavy atom. The molecule has 1 saturated carbocycles. The molecular formula is C11H18N6. The van der Waals surface area contributed by atoms with Crippen LogP contribution in [0.1, 0.15) is 12.8 Å². The minimum Gasteiger partial charge on any atom is -0.353 e. The summed E-state index contributed by atoms with van der Waals surface area (Å²) in [6.45, 7) is 4.32. The Kier molecular flexibility index (Phi) is 2.82. The third-order valence-electron chi connectivity index (χ3n) is 3.47. The van der Waals surface area contributed by atoms with Gasteiger partial charge in [0.25, 0.3) is 0 Å². The van der Waals surface area contributed by atoms with Crippen molar-refractivity contribution >= 4 is 11.6 Å². The predicted molar refractivity (Wildman–Crippen MR) is 66.7 cm³/mol. The molecule has 6 nitrogen and oxygen atoms in total. The highest BCUT2D eigenvalue weighted by atomic mass is 15.3. The number of rotatable bonds is 3. The number of nitrogens with one attached hydrogen (secondary N) is 1. The number of aromatic nitrogens is 2. The van der Waals surface area contributed by atoms with Gasteiger partial charge in [0.15, 0.2) is 5.82 Å². The third-order valence-corrected chi connectivity index (χ3v) is 3.47. The normalized spacial score (nSPS) is 21.6. The first-order valence-electron chi connectivity index (χ1n) is 6.14. The summed E-state index contributed by atoms with van der Waals surface area (Å²) in [5.74, 6) is 6.87. The van der Waals surface area contributed by atoms with Crippen molar-refractivity contribution in [1.82, 2.24) is 14.9 Å². The molecule has 0 bridgehead atoms. The first-order chi connectivity index (χ1) is 8.36. The van der Waals surface area contributed by atoms with Crippen LogP contribution in [-0.4, -0.2) is 47.1 Å². The molecule has 0 aromatic carbocycles. The van der Waals surface area contributed by atoms with Gasteiger partial charge in [0, 0.05) is 32.2 Å². The topological polar surface area (TPSA) is 70.3 Å². The van der Waals surface area contributed by atoms with Gasteiger partial charge in [-0.3, -0.25) is 9.88 Å². The second-order valence-electron chi connectivity index (χ2n) is 4.66. The monoisotopic (exact) mass is 234 g/mol. The van der Waals surface area contributed by atoms with Crippen molar-refractivity contribution in [3.63, 3.8) is 0 Å². The van der Waals surface area contributed by atoms with Crippen LogP contribution in [0.2, 0.25) is 0 Å². The van der Waals surface area contributed by atoms with Crippen LogP contribution in [0.4, 0.5) is 11.6 Å². The smallest absolute Gasteiger partial charge is 0.160 e. The van der Waals surface area contributed by atoms with Gasteiger partial charge in [-0.25, -0.2) is 10.8 Å². The maximum atomic E-state index is 5.34. The Hall–Kier alpha value is -1.40. The van der Waals surface area contributed by atoms with E-state index in [1.54, 1.807) is 12.4 Å². The van der Waals surface area contributed by atoms with Crippen LogP contribution in [0.15, 0.2) is 12.4 Å². The molecule has 2 heterocycles. The van der Waals surface area contributed by atoms with E-state index in [-0.39, 0.29) is 0 Å². The molecule has 2 aliphatic rings. The van der Waals surface area contributed by atoms with Gasteiger partial charge < -0.3 is 10.3 Å². The molecule has 0 radical (unpaired) electrons. The maximum absolute atomic E-state index is 5.34. The molecule has 0 unspecified atom stereocenters. The molecule has 3 rings (SSSR count). The van der Waals surface area contributed by atoms with Gasteiger partial charge in [0.2, 0.25) is 0 Å². The molecule has 17 heavy (non-hydrogen) atoms. The lowest BCUT2D eigenvalue weighted by Crippen LogP contribution is -2.47. The van der Waals surface area contributed by atoms with E-state index < -0.39 is 0 Å². The Balaban J connectivity index is 1.64. The van der Waals surface area contributed by atoms with Crippen molar-refractivity contribution < 1.29 is 0 Å². The zero-order valence-electron chi connectivity index (χ0n) is 9.84. The molecule has 1 saturated heterocycles. The van der Waals surface area contributed by atoms with Crippen LogP contribution in [0.25, 0.3) is 0 Å². The van der Waals surface area contributed by atoms with E-state index in [1.165, 1.54) is 12.8 Å². The van der Waals surface area contributed by atoms with Crippen molar-refractivity contribution in [2.45, 2.75) is 18.9 Å². The van der Waals surface area contributed by atoms with Gasteiger partial charge in [-0.1, -0.05) is 0 Å². The number of hydrogen-bond acceptors (Lipinski definition) is 6. The van der Waals surface area contributed by atoms with E-state index in [0.29, 0.717) is 5.82 Å². The number of anilines is 2. The van der Waals surface area contributed by atoms with Gasteiger partial charge in [0.1, 0.15) is 5.82 Å². The quantitative estimate of drug-likeness (QED) is 0.569. The summed E-state index contributed by atoms with van der Waals surface area (Å²) in [5, 5.41) is 0. The fourth-order valence-electron chi connectivity index (χ4n) is 2.33. The molecular weight excluding hydrogens is 216 g/mol. The van der Waals surface area contributed by atoms with Crippen molar-refractivity contribution in [3.8, 4) is 0 Å². The fraction of sp³-hybridized carbons (Fsp3) is 0.636. The van der Waals surface area contributed by atoms with Gasteiger partial charge in [0.05, 0.1) is 12.4 Å². The Morgan fingerprint density at radius 1 is 1.18 bits per heavy atom. The van der Waals surface area contributed by atoms with E-state index in [0.717, 1.165) is 38.0 Å². The molecule has 92 valence electrons. The number of nitrogen functional groups attached to an aromatic ring is 1. The molecule has 0 amide bonds. The van der Waals surface area contributed by atoms with Gasteiger partial charge in [-0.2, -0.15) is 0 Å². The lowest BCUT2D eigenvalue weighted by atomic mass is 10.3. The highest BCUT2D eigenvalue weighted by molar-refractivity contribution is 5.43. The maximum Gasteiger partial charge on any atom is 0.160 e. The second kappa shape index (κ2) is 4.46. The van der Waals surface area contributed by atoms with E-state index >= 15 is 0 Å². The van der Waals surface area contributed by atoms with Gasteiger partial charge >= 0.3 is 0 Å². The molecule has 0 spiro atoms. The third kappa shape index (κ3) is 2.32. The predicted octanol–water partition coefficient (Wildman–Crippen LogP) is 0.0466. The lowest BCUT2D eigenvalue weighted by molar-refractivity contribution is 0.247. The Labute approximate surface area is 101 Å². The van der Waals surface area contributed by atoms with Crippen LogP contribution in [0.3, 0.4) is 0 Å². The number of piperazine rings is 1. The number of nitrogens with zero attached hydrogens (tertiary/aromatic N) is 4. The van der Waals surface area contributed by atoms with Crippen molar-refractivity contribution in [2.75, 3.05) is 36.5 Å². The first-order valence-corrected chi connectivity index (χ1v) is 6.14. The molecule has 1 aromatic heterocycles. The average Bonchev–Trinajstić information content (AvgIpc) is 3.23. The summed E-state index contributed by atoms with van der Waals surface area (Å²) in [6, 6.07) is 0.861. The summed E-state index contributed by atoms with van der Waals surface area (Å²) in [7, 11) is 0. The lowest BCUT2D eigenvalue weighted by Gasteiger charge is -2.35. The summed E-state index contributed by atoms with van der Waals surface area (Å²) < 4.78 is 0. The highest BCUT2D eigenvalue weighted by Crippen LogP contribution is 2.28. The summed E-state index contributed by atoms with van der Waals surface area (Å²) in [6.07, 6.45) is 6.19. The summed E-state index contributed by atoms with van der Waals surface area (Å²) in [5.41, 5.74) is 2.53. The molecule has 1 aliphatic heterocycles. The highest BCUT2D eigenvalue weighted by Gasteiger charge is 2.31. The molecule has 3 N–H and O–H groups in total. The summed E-state index contributed by atoms with van der Waals surface area (Å²) in [4.78, 5) is 13.4. The van der Waals surface area contributed by atoms with E-state index in [9.17, 15) is 0 Å². The Morgan fingerprint density at radius 3 is 2.59 bits per heavy atom. The molecule has 0 atom stereocenters. The van der Waals surface area contributed by atoms with E-state index in [4.69, 9.17) is 5.84 Å². The standard InChI is InChI=1S/C11H18N6/c12-15-10-7-13-8-11(14-10)17-5-3-16(4-6-17)9-1-2-9/h7-9H,1-6,12H2,(H,14,15). The van der Waals surface area contributed by atoms with Crippen LogP contribution >= 0.6 is 0 Å². The van der Waals surface area contributed by atoms with E-state index in [2.05, 4.69) is 25.2 Å². The molecule has 1 aromatic rings. The van der Waals surface area contributed by atoms with Crippen molar-refractivity contribution in [2.24, 2.45) is 5.84 Å². The average molecular weight is 234 g/mol. The van der Waals surface area contributed by atoms with Crippen molar-refractivity contribution in [3.05, 3.63) is 12.4 Å². The molecule has 1 aliphatic carbocycles. The minimum atomic E-state index is 0.618. The van der Waals surface area contributed by atoms with Crippen LogP contribution < -0.4 is 16.2 Å². The van der Waals surface area contributed by atoms with Crippen LogP contribution in [0, 0.1) is 0 Å². The zero-order valence-corrected chi connectivity index (χ0v) is 9.84. The molecule has 6 heteroatoms.